The number of nitro groups is 1. The summed E-state index contributed by atoms with van der Waals surface area (Å²) in [5.41, 5.74) is 2.66. The number of nitro benzene ring substituents is 1. The lowest BCUT2D eigenvalue weighted by molar-refractivity contribution is -0.384. The van der Waals surface area contributed by atoms with E-state index in [1.54, 1.807) is 18.3 Å². The van der Waals surface area contributed by atoms with Crippen molar-refractivity contribution in [3.8, 4) is 5.75 Å². The van der Waals surface area contributed by atoms with Crippen LogP contribution < -0.4 is 5.32 Å². The van der Waals surface area contributed by atoms with Gasteiger partial charge in [-0.2, -0.15) is 0 Å². The van der Waals surface area contributed by atoms with E-state index in [9.17, 15) is 15.2 Å². The fraction of sp³-hybridized carbons (Fsp3) is 0.0455. The van der Waals surface area contributed by atoms with E-state index in [0.29, 0.717) is 16.8 Å². The highest BCUT2D eigenvalue weighted by Crippen LogP contribution is 2.36. The molecule has 6 heteroatoms. The first-order chi connectivity index (χ1) is 13.6. The van der Waals surface area contributed by atoms with Crippen LogP contribution in [0.5, 0.6) is 5.75 Å². The molecule has 3 aromatic carbocycles. The van der Waals surface area contributed by atoms with Crippen LogP contribution in [0.2, 0.25) is 0 Å². The minimum atomic E-state index is -0.430. The van der Waals surface area contributed by atoms with E-state index in [2.05, 4.69) is 10.3 Å². The van der Waals surface area contributed by atoms with Gasteiger partial charge in [-0.3, -0.25) is 15.1 Å². The monoisotopic (exact) mass is 371 g/mol. The maximum atomic E-state index is 11.1. The smallest absolute Gasteiger partial charge is 0.271 e. The number of phenolic OH excluding ortho intramolecular Hbond substituents is 1. The second-order valence-corrected chi connectivity index (χ2v) is 6.37. The van der Waals surface area contributed by atoms with E-state index < -0.39 is 11.0 Å². The van der Waals surface area contributed by atoms with Gasteiger partial charge in [-0.1, -0.05) is 54.6 Å². The summed E-state index contributed by atoms with van der Waals surface area (Å²) in [6, 6.07) is 23.0. The molecule has 4 aromatic rings. The number of pyridine rings is 1. The fourth-order valence-corrected chi connectivity index (χ4v) is 3.24. The topological polar surface area (TPSA) is 88.3 Å². The first kappa shape index (κ1) is 17.5. The number of hydrogen-bond acceptors (Lipinski definition) is 5. The average molecular weight is 371 g/mol. The van der Waals surface area contributed by atoms with E-state index in [1.807, 2.05) is 54.6 Å². The van der Waals surface area contributed by atoms with Gasteiger partial charge >= 0.3 is 0 Å². The molecule has 2 N–H and O–H groups in total. The zero-order valence-electron chi connectivity index (χ0n) is 14.8. The molecule has 0 aliphatic heterocycles. The molecule has 4 rings (SSSR count). The number of phenols is 1. The maximum absolute atomic E-state index is 11.1. The van der Waals surface area contributed by atoms with Crippen LogP contribution in [0.4, 0.5) is 11.4 Å². The third-order valence-electron chi connectivity index (χ3n) is 4.59. The Morgan fingerprint density at radius 2 is 1.79 bits per heavy atom. The molecule has 0 radical (unpaired) electrons. The van der Waals surface area contributed by atoms with Crippen molar-refractivity contribution in [2.45, 2.75) is 6.04 Å². The second-order valence-electron chi connectivity index (χ2n) is 6.37. The van der Waals surface area contributed by atoms with Crippen molar-refractivity contribution in [3.63, 3.8) is 0 Å². The Kier molecular flexibility index (Phi) is 4.60. The average Bonchev–Trinajstić information content (AvgIpc) is 2.74. The van der Waals surface area contributed by atoms with Crippen molar-refractivity contribution in [3.05, 3.63) is 106 Å². The lowest BCUT2D eigenvalue weighted by atomic mass is 9.96. The number of fused-ring (bicyclic) bond motifs is 1. The van der Waals surface area contributed by atoms with E-state index in [1.165, 1.54) is 12.1 Å². The highest BCUT2D eigenvalue weighted by atomic mass is 16.6. The molecular weight excluding hydrogens is 354 g/mol. The number of benzene rings is 3. The lowest BCUT2D eigenvalue weighted by Crippen LogP contribution is -2.13. The van der Waals surface area contributed by atoms with E-state index in [-0.39, 0.29) is 11.4 Å². The molecule has 0 aliphatic carbocycles. The molecule has 0 aliphatic rings. The number of anilines is 1. The number of aromatic nitrogens is 1. The van der Waals surface area contributed by atoms with Crippen LogP contribution in [-0.2, 0) is 0 Å². The maximum Gasteiger partial charge on any atom is 0.271 e. The Hall–Kier alpha value is -3.93. The predicted molar refractivity (Wildman–Crippen MR) is 108 cm³/mol. The third-order valence-corrected chi connectivity index (χ3v) is 4.59. The van der Waals surface area contributed by atoms with E-state index in [0.717, 1.165) is 10.9 Å². The third kappa shape index (κ3) is 3.35. The van der Waals surface area contributed by atoms with E-state index >= 15 is 0 Å². The van der Waals surface area contributed by atoms with Crippen LogP contribution in [-0.4, -0.2) is 15.0 Å². The zero-order chi connectivity index (χ0) is 19.5. The number of non-ortho nitro benzene ring substituents is 1. The van der Waals surface area contributed by atoms with Gasteiger partial charge in [0.25, 0.3) is 5.69 Å². The first-order valence-electron chi connectivity index (χ1n) is 8.76. The minimum absolute atomic E-state index is 0.00112. The molecule has 1 aromatic heterocycles. The lowest BCUT2D eigenvalue weighted by Gasteiger charge is -2.22. The first-order valence-corrected chi connectivity index (χ1v) is 8.76. The minimum Gasteiger partial charge on any atom is -0.505 e. The number of nitrogens with one attached hydrogen (secondary N) is 1. The summed E-state index contributed by atoms with van der Waals surface area (Å²) in [6.45, 7) is 0. The summed E-state index contributed by atoms with van der Waals surface area (Å²) >= 11 is 0. The molecule has 6 nitrogen and oxygen atoms in total. The van der Waals surface area contributed by atoms with Crippen molar-refractivity contribution in [1.82, 2.24) is 4.98 Å². The molecule has 0 bridgehead atoms. The highest BCUT2D eigenvalue weighted by molar-refractivity contribution is 5.86. The SMILES string of the molecule is O=[N+]([O-])c1cccc(NC(c2ccccc2)c2ccc3cccnc3c2O)c1. The van der Waals surface area contributed by atoms with E-state index in [4.69, 9.17) is 0 Å². The summed E-state index contributed by atoms with van der Waals surface area (Å²) in [4.78, 5) is 15.0. The van der Waals surface area contributed by atoms with Gasteiger partial charge < -0.3 is 10.4 Å². The van der Waals surface area contributed by atoms with Gasteiger partial charge in [0.1, 0.15) is 11.3 Å². The Bertz CT molecular complexity index is 1150. The van der Waals surface area contributed by atoms with Crippen LogP contribution in [0.1, 0.15) is 17.2 Å². The van der Waals surface area contributed by atoms with Gasteiger partial charge in [0.15, 0.2) is 0 Å². The largest absolute Gasteiger partial charge is 0.505 e. The Morgan fingerprint density at radius 3 is 2.57 bits per heavy atom. The molecule has 1 unspecified atom stereocenters. The molecule has 0 amide bonds. The number of rotatable bonds is 5. The quantitative estimate of drug-likeness (QED) is 0.378. The van der Waals surface area contributed by atoms with Crippen LogP contribution >= 0.6 is 0 Å². The fourth-order valence-electron chi connectivity index (χ4n) is 3.24. The summed E-state index contributed by atoms with van der Waals surface area (Å²) in [5, 5.41) is 26.2. The van der Waals surface area contributed by atoms with Crippen molar-refractivity contribution < 1.29 is 10.0 Å². The Balaban J connectivity index is 1.82. The standard InChI is InChI=1S/C22H17N3O3/c26-22-19(12-11-16-8-5-13-23-21(16)22)20(15-6-2-1-3-7-15)24-17-9-4-10-18(14-17)25(27)28/h1-14,20,24,26H. The highest BCUT2D eigenvalue weighted by Gasteiger charge is 2.20. The molecule has 0 spiro atoms. The Labute approximate surface area is 161 Å². The number of aromatic hydroxyl groups is 1. The van der Waals surface area contributed by atoms with Crippen molar-refractivity contribution in [2.75, 3.05) is 5.32 Å². The van der Waals surface area contributed by atoms with Gasteiger partial charge in [-0.15, -0.1) is 0 Å². The summed E-state index contributed by atoms with van der Waals surface area (Å²) in [5.74, 6) is 0.0879. The molecular formula is C22H17N3O3. The van der Waals surface area contributed by atoms with Crippen molar-refractivity contribution in [2.24, 2.45) is 0 Å². The van der Waals surface area contributed by atoms with Crippen LogP contribution in [0.25, 0.3) is 10.9 Å². The molecule has 0 fully saturated rings. The van der Waals surface area contributed by atoms with Crippen LogP contribution in [0.3, 0.4) is 0 Å². The summed E-state index contributed by atoms with van der Waals surface area (Å²) < 4.78 is 0. The zero-order valence-corrected chi connectivity index (χ0v) is 14.8. The molecule has 28 heavy (non-hydrogen) atoms. The predicted octanol–water partition coefficient (Wildman–Crippen LogP) is 5.05. The van der Waals surface area contributed by atoms with Crippen molar-refractivity contribution in [1.29, 1.82) is 0 Å². The number of nitrogens with zero attached hydrogens (tertiary/aromatic N) is 2. The van der Waals surface area contributed by atoms with Gasteiger partial charge in [0.05, 0.1) is 11.0 Å². The molecule has 138 valence electrons. The van der Waals surface area contributed by atoms with Crippen molar-refractivity contribution >= 4 is 22.3 Å². The van der Waals surface area contributed by atoms with Gasteiger partial charge in [0.2, 0.25) is 0 Å². The normalized spacial score (nSPS) is 11.9. The van der Waals surface area contributed by atoms with Crippen LogP contribution in [0.15, 0.2) is 85.1 Å². The molecule has 1 heterocycles. The summed E-state index contributed by atoms with van der Waals surface area (Å²) in [6.07, 6.45) is 1.64. The molecule has 0 saturated carbocycles. The van der Waals surface area contributed by atoms with Gasteiger partial charge in [-0.25, -0.2) is 0 Å². The van der Waals surface area contributed by atoms with Crippen LogP contribution in [0, 0.1) is 10.1 Å². The van der Waals surface area contributed by atoms with Gasteiger partial charge in [-0.05, 0) is 17.7 Å². The second kappa shape index (κ2) is 7.36. The Morgan fingerprint density at radius 1 is 0.964 bits per heavy atom. The molecule has 0 saturated heterocycles. The summed E-state index contributed by atoms with van der Waals surface area (Å²) in [7, 11) is 0. The van der Waals surface area contributed by atoms with Gasteiger partial charge in [0, 0.05) is 35.0 Å². The molecule has 1 atom stereocenters. The number of hydrogen-bond donors (Lipinski definition) is 2.